The van der Waals surface area contributed by atoms with E-state index in [1.807, 2.05) is 0 Å². The lowest BCUT2D eigenvalue weighted by Crippen LogP contribution is -2.18. The Balaban J connectivity index is 1.75. The highest BCUT2D eigenvalue weighted by molar-refractivity contribution is 6.05. The van der Waals surface area contributed by atoms with Gasteiger partial charge in [0.05, 0.1) is 42.0 Å². The Morgan fingerprint density at radius 1 is 0.882 bits per heavy atom. The fourth-order valence-corrected chi connectivity index (χ4v) is 3.27. The third kappa shape index (κ3) is 6.06. The minimum Gasteiger partial charge on any atom is -0.462 e. The van der Waals surface area contributed by atoms with Crippen molar-refractivity contribution in [1.82, 2.24) is 0 Å². The first-order chi connectivity index (χ1) is 16.4. The van der Waals surface area contributed by atoms with Crippen LogP contribution in [0.2, 0.25) is 0 Å². The smallest absolute Gasteiger partial charge is 0.346 e. The van der Waals surface area contributed by atoms with Crippen molar-refractivity contribution < 1.29 is 38.0 Å². The monoisotopic (exact) mass is 469 g/mol. The summed E-state index contributed by atoms with van der Waals surface area (Å²) in [5.41, 5.74) is 2.07. The summed E-state index contributed by atoms with van der Waals surface area (Å²) in [6.07, 6.45) is 1.98. The molecule has 0 fully saturated rings. The summed E-state index contributed by atoms with van der Waals surface area (Å²) >= 11 is 0. The molecule has 8 nitrogen and oxygen atoms in total. The number of H-pyrrole nitrogens is 1. The van der Waals surface area contributed by atoms with E-state index in [1.54, 1.807) is 38.2 Å². The maximum atomic E-state index is 13.0. The Hall–Kier alpha value is -4.01. The highest BCUT2D eigenvalue weighted by Gasteiger charge is 2.21. The fraction of sp³-hybridized carbons (Fsp3) is 0.280. The molecule has 0 atom stereocenters. The lowest BCUT2D eigenvalue weighted by atomic mass is 10.1. The molecule has 34 heavy (non-hydrogen) atoms. The number of esters is 3. The van der Waals surface area contributed by atoms with Crippen molar-refractivity contribution in [2.45, 2.75) is 20.3 Å². The second-order valence-corrected chi connectivity index (χ2v) is 7.20. The Bertz CT molecular complexity index is 1170. The summed E-state index contributed by atoms with van der Waals surface area (Å²) < 4.78 is 28.5. The van der Waals surface area contributed by atoms with E-state index in [0.29, 0.717) is 35.1 Å². The van der Waals surface area contributed by atoms with Crippen molar-refractivity contribution in [3.8, 4) is 0 Å². The van der Waals surface area contributed by atoms with E-state index in [0.717, 1.165) is 0 Å². The van der Waals surface area contributed by atoms with Gasteiger partial charge in [-0.05, 0) is 56.7 Å². The van der Waals surface area contributed by atoms with Crippen LogP contribution >= 0.6 is 0 Å². The zero-order valence-electron chi connectivity index (χ0n) is 19.0. The molecule has 0 saturated heterocycles. The number of fused-ring (bicyclic) bond motifs is 1. The summed E-state index contributed by atoms with van der Waals surface area (Å²) in [6, 6.07) is 10.1. The van der Waals surface area contributed by atoms with Crippen LogP contribution < -0.4 is 10.3 Å². The van der Waals surface area contributed by atoms with Crippen LogP contribution in [0.1, 0.15) is 51.3 Å². The van der Waals surface area contributed by atoms with Gasteiger partial charge >= 0.3 is 17.9 Å². The maximum absolute atomic E-state index is 13.0. The minimum atomic E-state index is -0.550. The van der Waals surface area contributed by atoms with E-state index in [1.165, 1.54) is 24.3 Å². The van der Waals surface area contributed by atoms with Crippen molar-refractivity contribution in [3.05, 3.63) is 71.2 Å². The lowest BCUT2D eigenvalue weighted by molar-refractivity contribution is -0.344. The van der Waals surface area contributed by atoms with E-state index in [-0.39, 0.29) is 30.9 Å². The number of rotatable bonds is 10. The third-order valence-corrected chi connectivity index (χ3v) is 4.87. The molecule has 0 spiro atoms. The second-order valence-electron chi connectivity index (χ2n) is 7.20. The van der Waals surface area contributed by atoms with Gasteiger partial charge in [-0.2, -0.15) is 0 Å². The van der Waals surface area contributed by atoms with Gasteiger partial charge in [0.1, 0.15) is 11.4 Å². The molecule has 0 aliphatic carbocycles. The summed E-state index contributed by atoms with van der Waals surface area (Å²) in [5, 5.41) is 3.81. The molecule has 0 radical (unpaired) electrons. The van der Waals surface area contributed by atoms with Crippen molar-refractivity contribution in [2.75, 3.05) is 31.7 Å². The van der Waals surface area contributed by atoms with Crippen LogP contribution in [0.25, 0.3) is 10.9 Å². The summed E-state index contributed by atoms with van der Waals surface area (Å²) in [5.74, 6) is -1.97. The zero-order valence-corrected chi connectivity index (χ0v) is 19.0. The first-order valence-electron chi connectivity index (χ1n) is 10.9. The van der Waals surface area contributed by atoms with Gasteiger partial charge in [0.15, 0.2) is 6.20 Å². The maximum Gasteiger partial charge on any atom is 0.346 e. The normalized spacial score (nSPS) is 10.6. The average Bonchev–Trinajstić information content (AvgIpc) is 2.84. The summed E-state index contributed by atoms with van der Waals surface area (Å²) in [7, 11) is 0. The van der Waals surface area contributed by atoms with Crippen LogP contribution in [0.15, 0.2) is 48.7 Å². The Morgan fingerprint density at radius 2 is 1.53 bits per heavy atom. The molecule has 0 aliphatic rings. The number of halogens is 1. The molecule has 0 aliphatic heterocycles. The van der Waals surface area contributed by atoms with Crippen LogP contribution in [-0.2, 0) is 14.2 Å². The van der Waals surface area contributed by atoms with Gasteiger partial charge in [0.2, 0.25) is 5.52 Å². The van der Waals surface area contributed by atoms with Gasteiger partial charge < -0.3 is 19.5 Å². The SMILES string of the molecule is CCOC(=O)c1ccc2[nH+]cc(C(=O)OCC)c(NCCCOC(=O)c3ccc(F)cc3)c2c1. The number of nitrogens with one attached hydrogen (secondary N) is 2. The van der Waals surface area contributed by atoms with Gasteiger partial charge in [0, 0.05) is 12.6 Å². The van der Waals surface area contributed by atoms with Crippen LogP contribution in [-0.4, -0.2) is 44.3 Å². The van der Waals surface area contributed by atoms with Crippen LogP contribution in [0.3, 0.4) is 0 Å². The molecule has 2 aromatic carbocycles. The first kappa shape index (κ1) is 24.6. The number of hydrogen-bond donors (Lipinski definition) is 1. The van der Waals surface area contributed by atoms with Gasteiger partial charge in [0.25, 0.3) is 0 Å². The molecule has 3 rings (SSSR count). The molecule has 1 aromatic heterocycles. The summed E-state index contributed by atoms with van der Waals surface area (Å²) in [6.45, 7) is 4.37. The Morgan fingerprint density at radius 3 is 2.24 bits per heavy atom. The molecular weight excluding hydrogens is 443 g/mol. The first-order valence-corrected chi connectivity index (χ1v) is 10.9. The van der Waals surface area contributed by atoms with Crippen molar-refractivity contribution in [1.29, 1.82) is 0 Å². The van der Waals surface area contributed by atoms with E-state index in [4.69, 9.17) is 14.2 Å². The molecule has 0 bridgehead atoms. The largest absolute Gasteiger partial charge is 0.462 e. The quantitative estimate of drug-likeness (QED) is 0.273. The number of aromatic amines is 1. The Labute approximate surface area is 196 Å². The number of ether oxygens (including phenoxy) is 3. The molecule has 9 heteroatoms. The van der Waals surface area contributed by atoms with Crippen molar-refractivity contribution in [2.24, 2.45) is 0 Å². The number of carbonyl (C=O) groups is 3. The standard InChI is InChI=1S/C25H25FN2O6/c1-3-32-24(30)17-8-11-21-19(14-17)22(20(15-28-21)25(31)33-4-2)27-12-5-13-34-23(29)16-6-9-18(26)10-7-16/h6-11,14-15H,3-5,12-13H2,1-2H3,(H,27,28)/p+1. The second kappa shape index (κ2) is 11.7. The number of hydrogen-bond acceptors (Lipinski definition) is 7. The van der Waals surface area contributed by atoms with Gasteiger partial charge in [-0.15, -0.1) is 0 Å². The number of carbonyl (C=O) groups excluding carboxylic acids is 3. The lowest BCUT2D eigenvalue weighted by Gasteiger charge is -2.13. The van der Waals surface area contributed by atoms with Gasteiger partial charge in [-0.25, -0.2) is 23.8 Å². The number of anilines is 1. The van der Waals surface area contributed by atoms with E-state index < -0.39 is 23.7 Å². The predicted octanol–water partition coefficient (Wildman–Crippen LogP) is 3.81. The molecule has 3 aromatic rings. The van der Waals surface area contributed by atoms with E-state index >= 15 is 0 Å². The third-order valence-electron chi connectivity index (χ3n) is 4.87. The highest BCUT2D eigenvalue weighted by Crippen LogP contribution is 2.26. The topological polar surface area (TPSA) is 105 Å². The summed E-state index contributed by atoms with van der Waals surface area (Å²) in [4.78, 5) is 39.8. The average molecular weight is 469 g/mol. The van der Waals surface area contributed by atoms with Crippen molar-refractivity contribution in [3.63, 3.8) is 0 Å². The number of pyridine rings is 1. The Kier molecular flexibility index (Phi) is 8.50. The molecule has 178 valence electrons. The predicted molar refractivity (Wildman–Crippen MR) is 122 cm³/mol. The van der Waals surface area contributed by atoms with Crippen LogP contribution in [0, 0.1) is 5.82 Å². The van der Waals surface area contributed by atoms with E-state index in [2.05, 4.69) is 10.3 Å². The van der Waals surface area contributed by atoms with Crippen molar-refractivity contribution >= 4 is 34.5 Å². The molecule has 1 heterocycles. The van der Waals surface area contributed by atoms with Crippen LogP contribution in [0.4, 0.5) is 10.1 Å². The number of benzene rings is 2. The van der Waals surface area contributed by atoms with E-state index in [9.17, 15) is 18.8 Å². The van der Waals surface area contributed by atoms with Crippen LogP contribution in [0.5, 0.6) is 0 Å². The van der Waals surface area contributed by atoms with Gasteiger partial charge in [-0.1, -0.05) is 0 Å². The number of aromatic nitrogens is 1. The molecule has 0 saturated carbocycles. The highest BCUT2D eigenvalue weighted by atomic mass is 19.1. The molecule has 0 unspecified atom stereocenters. The molecule has 0 amide bonds. The minimum absolute atomic E-state index is 0.114. The fourth-order valence-electron chi connectivity index (χ4n) is 3.27. The molecule has 2 N–H and O–H groups in total. The molecular formula is C25H26FN2O6+. The van der Waals surface area contributed by atoms with Gasteiger partial charge in [-0.3, -0.25) is 0 Å². The zero-order chi connectivity index (χ0) is 24.5.